The molecule has 0 fully saturated rings. The number of benzene rings is 2. The maximum absolute atomic E-state index is 11.1. The van der Waals surface area contributed by atoms with Crippen molar-refractivity contribution in [3.63, 3.8) is 0 Å². The van der Waals surface area contributed by atoms with Crippen molar-refractivity contribution in [1.29, 1.82) is 0 Å². The van der Waals surface area contributed by atoms with Crippen LogP contribution in [0.2, 0.25) is 0 Å². The second-order valence-electron chi connectivity index (χ2n) is 9.79. The quantitative estimate of drug-likeness (QED) is 0.0849. The molecule has 0 N–H and O–H groups in total. The molecule has 0 aliphatic carbocycles. The number of aryl methyl sites for hydroxylation is 1. The second-order valence-corrected chi connectivity index (χ2v) is 12.8. The summed E-state index contributed by atoms with van der Waals surface area (Å²) in [6, 6.07) is 14.9. The van der Waals surface area contributed by atoms with Gasteiger partial charge in [0.1, 0.15) is 12.2 Å². The molecule has 0 saturated heterocycles. The second kappa shape index (κ2) is 16.0. The van der Waals surface area contributed by atoms with Crippen LogP contribution >= 0.6 is 0 Å². The summed E-state index contributed by atoms with van der Waals surface area (Å²) in [5.41, 5.74) is 5.80. The normalized spacial score (nSPS) is 14.6. The van der Waals surface area contributed by atoms with Crippen LogP contribution in [0.5, 0.6) is 0 Å². The van der Waals surface area contributed by atoms with Crippen LogP contribution in [-0.4, -0.2) is 67.4 Å². The van der Waals surface area contributed by atoms with E-state index in [2.05, 4.69) is 30.6 Å². The zero-order valence-electron chi connectivity index (χ0n) is 23.7. The Labute approximate surface area is 318 Å². The molecule has 8 nitrogen and oxygen atoms in total. The van der Waals surface area contributed by atoms with Gasteiger partial charge in [0.05, 0.1) is 26.0 Å². The predicted molar refractivity (Wildman–Crippen MR) is 145 cm³/mol. The van der Waals surface area contributed by atoms with Gasteiger partial charge in [0, 0.05) is 42.4 Å². The molecule has 0 saturated carbocycles. The summed E-state index contributed by atoms with van der Waals surface area (Å²) >= 11 is 0. The van der Waals surface area contributed by atoms with Crippen LogP contribution in [0.3, 0.4) is 0 Å². The molecule has 0 amide bonds. The van der Waals surface area contributed by atoms with E-state index in [1.54, 1.807) is 0 Å². The summed E-state index contributed by atoms with van der Waals surface area (Å²) in [7, 11) is -8.52. The van der Waals surface area contributed by atoms with Crippen molar-refractivity contribution in [2.24, 2.45) is 0 Å². The molecule has 2 aromatic carbocycles. The van der Waals surface area contributed by atoms with Crippen LogP contribution in [0.25, 0.3) is 6.08 Å². The van der Waals surface area contributed by atoms with Crippen LogP contribution < -0.4 is 108 Å². The first kappa shape index (κ1) is 37.8. The Bertz CT molecular complexity index is 1420. The van der Waals surface area contributed by atoms with E-state index in [4.69, 9.17) is 0 Å². The van der Waals surface area contributed by atoms with Crippen molar-refractivity contribution in [3.05, 3.63) is 65.2 Å². The molecule has 0 atom stereocenters. The summed E-state index contributed by atoms with van der Waals surface area (Å²) in [4.78, 5) is 1.86. The fraction of sp³-hybridized carbons (Fsp3) is 0.444. The number of nitrogens with zero attached hydrogens (tertiary/aromatic N) is 2. The van der Waals surface area contributed by atoms with E-state index < -0.39 is 26.0 Å². The van der Waals surface area contributed by atoms with Crippen molar-refractivity contribution in [2.75, 3.05) is 36.0 Å². The number of anilines is 1. The first-order valence-electron chi connectivity index (χ1n) is 12.3. The monoisotopic (exact) mass is 624 g/mol. The van der Waals surface area contributed by atoms with Crippen molar-refractivity contribution >= 4 is 43.4 Å². The summed E-state index contributed by atoms with van der Waals surface area (Å²) in [6.45, 7) is 9.48. The summed E-state index contributed by atoms with van der Waals surface area (Å²) in [6.07, 6.45) is 4.98. The molecule has 1 heterocycles. The van der Waals surface area contributed by atoms with E-state index >= 15 is 0 Å². The van der Waals surface area contributed by atoms with Gasteiger partial charge in [-0.15, -0.1) is 6.07 Å². The number of allylic oxidation sites excluding steroid dienone is 1. The topological polar surface area (TPSA) is 121 Å². The van der Waals surface area contributed by atoms with E-state index in [-0.39, 0.29) is 120 Å². The van der Waals surface area contributed by atoms with Crippen molar-refractivity contribution in [1.82, 2.24) is 0 Å². The number of unbranched alkanes of at least 4 members (excludes halogenated alkanes) is 1. The maximum atomic E-state index is 11.1. The largest absolute Gasteiger partial charge is 1.00 e. The molecule has 202 valence electrons. The minimum absolute atomic E-state index is 0. The Morgan fingerprint density at radius 1 is 1.00 bits per heavy atom. The van der Waals surface area contributed by atoms with Crippen LogP contribution in [-0.2, 0) is 25.7 Å². The van der Waals surface area contributed by atoms with Gasteiger partial charge in [0.15, 0.2) is 5.71 Å². The van der Waals surface area contributed by atoms with Crippen LogP contribution in [0.15, 0.2) is 42.5 Å². The van der Waals surface area contributed by atoms with E-state index in [1.165, 1.54) is 0 Å². The van der Waals surface area contributed by atoms with E-state index in [9.17, 15) is 25.9 Å². The number of hydrogen-bond acceptors (Lipinski definition) is 7. The van der Waals surface area contributed by atoms with Crippen molar-refractivity contribution < 1.29 is 133 Å². The molecule has 1 aliphatic heterocycles. The predicted octanol–water partition coefficient (Wildman–Crippen LogP) is -2.41. The van der Waals surface area contributed by atoms with Crippen molar-refractivity contribution in [2.45, 2.75) is 46.0 Å². The van der Waals surface area contributed by atoms with Gasteiger partial charge in [-0.2, -0.15) is 18.2 Å². The van der Waals surface area contributed by atoms with E-state index in [0.717, 1.165) is 33.8 Å². The molecule has 3 rings (SSSR count). The average molecular weight is 625 g/mol. The molecular weight excluding hydrogens is 591 g/mol. The van der Waals surface area contributed by atoms with E-state index in [0.29, 0.717) is 25.9 Å². The van der Waals surface area contributed by atoms with E-state index in [1.807, 2.05) is 61.2 Å². The first-order chi connectivity index (χ1) is 17.2. The SMILES string of the molecule is CCN(CCS(=O)(=O)[O-])c1ccc(/C=C/C2=[N+](CCCCS(=O)(=O)[O-])c3cc[c-]cc3C2(C)C)c(C)c1.[K+].[K+]. The Morgan fingerprint density at radius 2 is 1.67 bits per heavy atom. The molecule has 0 radical (unpaired) electrons. The van der Waals surface area contributed by atoms with Gasteiger partial charge >= 0.3 is 103 Å². The van der Waals surface area contributed by atoms with Gasteiger partial charge < -0.3 is 14.0 Å². The molecular formula is C27H34K2N2O6S2. The van der Waals surface area contributed by atoms with Gasteiger partial charge in [0.25, 0.3) is 0 Å². The van der Waals surface area contributed by atoms with Crippen LogP contribution in [0.4, 0.5) is 11.4 Å². The fourth-order valence-electron chi connectivity index (χ4n) is 4.76. The number of fused-ring (bicyclic) bond motifs is 1. The Kier molecular flexibility index (Phi) is 15.5. The molecule has 0 aromatic heterocycles. The van der Waals surface area contributed by atoms with Gasteiger partial charge in [0.2, 0.25) is 0 Å². The molecule has 0 bridgehead atoms. The Hall–Kier alpha value is 0.743. The van der Waals surface area contributed by atoms with Gasteiger partial charge in [-0.1, -0.05) is 25.5 Å². The zero-order valence-corrected chi connectivity index (χ0v) is 31.6. The Morgan fingerprint density at radius 3 is 2.26 bits per heavy atom. The molecule has 2 aromatic rings. The van der Waals surface area contributed by atoms with Gasteiger partial charge in [-0.05, 0) is 49.6 Å². The third-order valence-electron chi connectivity index (χ3n) is 6.79. The zero-order chi connectivity index (χ0) is 27.4. The molecule has 39 heavy (non-hydrogen) atoms. The molecule has 1 aliphatic rings. The third kappa shape index (κ3) is 10.8. The minimum Gasteiger partial charge on any atom is -0.748 e. The first-order valence-corrected chi connectivity index (χ1v) is 15.4. The minimum atomic E-state index is -4.29. The number of hydrogen-bond donors (Lipinski definition) is 0. The van der Waals surface area contributed by atoms with Crippen molar-refractivity contribution in [3.8, 4) is 0 Å². The maximum Gasteiger partial charge on any atom is 1.00 e. The molecule has 0 unspecified atom stereocenters. The summed E-state index contributed by atoms with van der Waals surface area (Å²) in [5.74, 6) is -0.810. The van der Waals surface area contributed by atoms with Gasteiger partial charge in [-0.25, -0.2) is 21.4 Å². The van der Waals surface area contributed by atoms with Gasteiger partial charge in [-0.3, -0.25) is 0 Å². The molecule has 12 heteroatoms. The van der Waals surface area contributed by atoms with Crippen LogP contribution in [0, 0.1) is 13.0 Å². The summed E-state index contributed by atoms with van der Waals surface area (Å²) in [5, 5.41) is 0. The average Bonchev–Trinajstić information content (AvgIpc) is 3.01. The smallest absolute Gasteiger partial charge is 0.748 e. The standard InChI is InChI=1S/C27H36N2O6S2.2K/c1-5-28(17-19-37(33,34)35)23-14-12-22(21(2)20-23)13-15-26-27(3,4)24-10-6-7-11-25(24)29(26)16-8-9-18-36(30,31)32;;/h7,10-15,20H,5,8-9,16-19H2,1-4H3,(H,30,31,32)(H,33,34,35);;/q;2*+1/p-2. The third-order valence-corrected chi connectivity index (χ3v) is 8.27. The molecule has 0 spiro atoms. The fourth-order valence-corrected chi connectivity index (χ4v) is 5.76. The summed E-state index contributed by atoms with van der Waals surface area (Å²) < 4.78 is 68.4. The number of rotatable bonds is 12. The Balaban J connectivity index is 0.00000380. The van der Waals surface area contributed by atoms with Crippen LogP contribution in [0.1, 0.15) is 50.3 Å².